The van der Waals surface area contributed by atoms with E-state index < -0.39 is 5.63 Å². The van der Waals surface area contributed by atoms with Crippen molar-refractivity contribution in [2.75, 3.05) is 20.3 Å². The van der Waals surface area contributed by atoms with Crippen LogP contribution < -0.4 is 20.4 Å². The fourth-order valence-corrected chi connectivity index (χ4v) is 3.47. The summed E-state index contributed by atoms with van der Waals surface area (Å²) in [5.74, 6) is 0.854. The summed E-state index contributed by atoms with van der Waals surface area (Å²) in [6.07, 6.45) is 1.41. The van der Waals surface area contributed by atoms with Gasteiger partial charge < -0.3 is 24.3 Å². The van der Waals surface area contributed by atoms with Gasteiger partial charge in [-0.2, -0.15) is 0 Å². The number of amides is 1. The van der Waals surface area contributed by atoms with Crippen molar-refractivity contribution in [3.8, 4) is 11.5 Å². The molecule has 27 heavy (non-hydrogen) atoms. The summed E-state index contributed by atoms with van der Waals surface area (Å²) in [4.78, 5) is 24.6. The van der Waals surface area contributed by atoms with E-state index in [-0.39, 0.29) is 36.6 Å². The second-order valence-corrected chi connectivity index (χ2v) is 7.36. The van der Waals surface area contributed by atoms with E-state index in [2.05, 4.69) is 5.32 Å². The molecule has 3 rings (SSSR count). The Labute approximate surface area is 157 Å². The van der Waals surface area contributed by atoms with Gasteiger partial charge in [0.25, 0.3) is 0 Å². The number of hydrogen-bond donors (Lipinski definition) is 2. The second kappa shape index (κ2) is 7.23. The number of nitrogens with one attached hydrogen (secondary N) is 1. The first-order valence-electron chi connectivity index (χ1n) is 9.00. The fraction of sp³-hybridized carbons (Fsp3) is 0.500. The Morgan fingerprint density at radius 2 is 2.15 bits per heavy atom. The summed E-state index contributed by atoms with van der Waals surface area (Å²) in [6, 6.07) is 1.82. The first-order chi connectivity index (χ1) is 12.8. The minimum absolute atomic E-state index is 0.117. The maximum absolute atomic E-state index is 12.6. The van der Waals surface area contributed by atoms with Gasteiger partial charge in [0.2, 0.25) is 5.91 Å². The molecular weight excluding hydrogens is 350 g/mol. The SMILES string of the molecule is COc1cc2c(c3oc(=O)c(CC(=O)NCCO)c(C)c13)CCC(C)(C)O2. The molecule has 146 valence electrons. The van der Waals surface area contributed by atoms with Crippen molar-refractivity contribution in [1.29, 1.82) is 0 Å². The third-order valence-corrected chi connectivity index (χ3v) is 4.93. The third kappa shape index (κ3) is 3.64. The van der Waals surface area contributed by atoms with Crippen LogP contribution in [0, 0.1) is 6.92 Å². The predicted octanol–water partition coefficient (Wildman–Crippen LogP) is 1.86. The number of benzene rings is 1. The topological polar surface area (TPSA) is 98.0 Å². The van der Waals surface area contributed by atoms with E-state index in [0.717, 1.165) is 18.4 Å². The van der Waals surface area contributed by atoms with Gasteiger partial charge >= 0.3 is 5.63 Å². The van der Waals surface area contributed by atoms with Crippen LogP contribution in [0.2, 0.25) is 0 Å². The van der Waals surface area contributed by atoms with Crippen molar-refractivity contribution in [1.82, 2.24) is 5.32 Å². The van der Waals surface area contributed by atoms with Crippen LogP contribution in [-0.4, -0.2) is 36.9 Å². The third-order valence-electron chi connectivity index (χ3n) is 4.93. The van der Waals surface area contributed by atoms with Gasteiger partial charge in [0, 0.05) is 18.2 Å². The van der Waals surface area contributed by atoms with Crippen LogP contribution in [0.1, 0.15) is 37.0 Å². The lowest BCUT2D eigenvalue weighted by Gasteiger charge is -2.33. The lowest BCUT2D eigenvalue weighted by Crippen LogP contribution is -2.33. The molecule has 0 fully saturated rings. The minimum atomic E-state index is -0.542. The number of ether oxygens (including phenoxy) is 2. The smallest absolute Gasteiger partial charge is 0.340 e. The zero-order chi connectivity index (χ0) is 19.8. The molecule has 2 aromatic rings. The summed E-state index contributed by atoms with van der Waals surface area (Å²) in [7, 11) is 1.55. The van der Waals surface area contributed by atoms with Gasteiger partial charge in [0.1, 0.15) is 22.7 Å². The van der Waals surface area contributed by atoms with Crippen LogP contribution in [0.25, 0.3) is 11.0 Å². The molecule has 7 heteroatoms. The van der Waals surface area contributed by atoms with Crippen molar-refractivity contribution in [3.63, 3.8) is 0 Å². The number of fused-ring (bicyclic) bond motifs is 3. The quantitative estimate of drug-likeness (QED) is 0.774. The Morgan fingerprint density at radius 3 is 2.81 bits per heavy atom. The zero-order valence-corrected chi connectivity index (χ0v) is 16.1. The normalized spacial score (nSPS) is 15.1. The Balaban J connectivity index is 2.16. The lowest BCUT2D eigenvalue weighted by atomic mass is 9.91. The van der Waals surface area contributed by atoms with Crippen molar-refractivity contribution < 1.29 is 23.8 Å². The van der Waals surface area contributed by atoms with E-state index in [0.29, 0.717) is 28.0 Å². The summed E-state index contributed by atoms with van der Waals surface area (Å²) in [5, 5.41) is 12.1. The Bertz CT molecular complexity index is 944. The molecule has 0 spiro atoms. The monoisotopic (exact) mass is 375 g/mol. The summed E-state index contributed by atoms with van der Waals surface area (Å²) < 4.78 is 17.2. The Morgan fingerprint density at radius 1 is 1.41 bits per heavy atom. The highest BCUT2D eigenvalue weighted by atomic mass is 16.5. The molecule has 0 bridgehead atoms. The lowest BCUT2D eigenvalue weighted by molar-refractivity contribution is -0.120. The average molecular weight is 375 g/mol. The molecule has 0 saturated heterocycles. The van der Waals surface area contributed by atoms with Gasteiger partial charge in [-0.15, -0.1) is 0 Å². The molecule has 2 heterocycles. The summed E-state index contributed by atoms with van der Waals surface area (Å²) in [5.41, 5.74) is 1.41. The standard InChI is InChI=1S/C20H25NO6/c1-11-13(9-16(23)21-7-8-22)19(24)26-18-12-5-6-20(2,3)27-14(12)10-15(25-4)17(11)18/h10,22H,5-9H2,1-4H3,(H,21,23). The highest BCUT2D eigenvalue weighted by Gasteiger charge is 2.31. The number of rotatable bonds is 5. The summed E-state index contributed by atoms with van der Waals surface area (Å²) in [6.45, 7) is 5.80. The maximum Gasteiger partial charge on any atom is 0.340 e. The maximum atomic E-state index is 12.6. The number of aliphatic hydroxyl groups excluding tert-OH is 1. The number of methoxy groups -OCH3 is 1. The molecule has 0 unspecified atom stereocenters. The van der Waals surface area contributed by atoms with E-state index >= 15 is 0 Å². The second-order valence-electron chi connectivity index (χ2n) is 7.36. The molecule has 1 amide bonds. The number of carbonyl (C=O) groups is 1. The molecule has 1 aromatic heterocycles. The number of carbonyl (C=O) groups excluding carboxylic acids is 1. The van der Waals surface area contributed by atoms with Crippen molar-refractivity contribution >= 4 is 16.9 Å². The van der Waals surface area contributed by atoms with Crippen LogP contribution in [0.3, 0.4) is 0 Å². The van der Waals surface area contributed by atoms with Crippen molar-refractivity contribution in [2.45, 2.75) is 45.6 Å². The van der Waals surface area contributed by atoms with Crippen LogP contribution in [0.5, 0.6) is 11.5 Å². The molecule has 1 aliphatic heterocycles. The molecule has 1 aromatic carbocycles. The van der Waals surface area contributed by atoms with Crippen LogP contribution >= 0.6 is 0 Å². The Kier molecular flexibility index (Phi) is 5.15. The van der Waals surface area contributed by atoms with Gasteiger partial charge in [-0.3, -0.25) is 4.79 Å². The van der Waals surface area contributed by atoms with Gasteiger partial charge in [0.15, 0.2) is 0 Å². The first-order valence-corrected chi connectivity index (χ1v) is 9.00. The summed E-state index contributed by atoms with van der Waals surface area (Å²) >= 11 is 0. The van der Waals surface area contributed by atoms with E-state index in [9.17, 15) is 9.59 Å². The van der Waals surface area contributed by atoms with Crippen LogP contribution in [0.4, 0.5) is 0 Å². The zero-order valence-electron chi connectivity index (χ0n) is 16.1. The molecule has 0 saturated carbocycles. The first kappa shape index (κ1) is 19.2. The molecule has 7 nitrogen and oxygen atoms in total. The largest absolute Gasteiger partial charge is 0.496 e. The molecule has 2 N–H and O–H groups in total. The van der Waals surface area contributed by atoms with E-state index in [1.165, 1.54) is 0 Å². The molecule has 0 aliphatic carbocycles. The molecular formula is C20H25NO6. The number of aryl methyl sites for hydroxylation is 2. The van der Waals surface area contributed by atoms with Crippen LogP contribution in [-0.2, 0) is 17.6 Å². The average Bonchev–Trinajstić information content (AvgIpc) is 2.61. The van der Waals surface area contributed by atoms with E-state index in [1.807, 2.05) is 19.9 Å². The predicted molar refractivity (Wildman–Crippen MR) is 101 cm³/mol. The molecule has 0 radical (unpaired) electrons. The number of aliphatic hydroxyl groups is 1. The van der Waals surface area contributed by atoms with Gasteiger partial charge in [-0.25, -0.2) is 4.79 Å². The fourth-order valence-electron chi connectivity index (χ4n) is 3.47. The Hall–Kier alpha value is -2.54. The molecule has 0 atom stereocenters. The highest BCUT2D eigenvalue weighted by molar-refractivity contribution is 5.93. The van der Waals surface area contributed by atoms with Crippen molar-refractivity contribution in [3.05, 3.63) is 33.2 Å². The van der Waals surface area contributed by atoms with Gasteiger partial charge in [-0.1, -0.05) is 0 Å². The highest BCUT2D eigenvalue weighted by Crippen LogP contribution is 2.43. The van der Waals surface area contributed by atoms with E-state index in [1.54, 1.807) is 14.0 Å². The van der Waals surface area contributed by atoms with Crippen LogP contribution in [0.15, 0.2) is 15.3 Å². The van der Waals surface area contributed by atoms with Gasteiger partial charge in [-0.05, 0) is 39.2 Å². The molecule has 1 aliphatic rings. The minimum Gasteiger partial charge on any atom is -0.496 e. The van der Waals surface area contributed by atoms with Crippen molar-refractivity contribution in [2.24, 2.45) is 0 Å². The van der Waals surface area contributed by atoms with Gasteiger partial charge in [0.05, 0.1) is 31.1 Å². The van der Waals surface area contributed by atoms with E-state index in [4.69, 9.17) is 19.0 Å². The number of hydrogen-bond acceptors (Lipinski definition) is 6.